The molecule has 1 aromatic rings. The quantitative estimate of drug-likeness (QED) is 0.732. The summed E-state index contributed by atoms with van der Waals surface area (Å²) in [6, 6.07) is 4.02. The molecule has 2 N–H and O–H groups in total. The van der Waals surface area contributed by atoms with Crippen LogP contribution in [0, 0.1) is 0 Å². The topological polar surface area (TPSA) is 48.4 Å². The summed E-state index contributed by atoms with van der Waals surface area (Å²) in [4.78, 5) is 6.51. The Morgan fingerprint density at radius 2 is 2.25 bits per heavy atom. The molecule has 0 bridgehead atoms. The number of aromatic nitrogens is 1. The molecule has 1 aromatic heterocycles. The van der Waals surface area contributed by atoms with Gasteiger partial charge in [0.2, 0.25) is 0 Å². The van der Waals surface area contributed by atoms with E-state index in [-0.39, 0.29) is 6.61 Å². The Morgan fingerprint density at radius 1 is 1.44 bits per heavy atom. The van der Waals surface area contributed by atoms with Crippen LogP contribution in [-0.2, 0) is 6.54 Å². The second kappa shape index (κ2) is 7.19. The van der Waals surface area contributed by atoms with Gasteiger partial charge >= 0.3 is 0 Å². The van der Waals surface area contributed by atoms with E-state index < -0.39 is 0 Å². The first-order valence-electron chi connectivity index (χ1n) is 5.82. The summed E-state index contributed by atoms with van der Waals surface area (Å²) in [5, 5.41) is 12.2. The molecule has 0 saturated carbocycles. The van der Waals surface area contributed by atoms with E-state index in [0.717, 1.165) is 25.5 Å². The number of nitrogens with zero attached hydrogens (tertiary/aromatic N) is 2. The van der Waals surface area contributed by atoms with E-state index in [1.54, 1.807) is 6.20 Å². The number of aliphatic hydroxyl groups excluding tert-OH is 1. The molecule has 90 valence electrons. The van der Waals surface area contributed by atoms with Gasteiger partial charge in [-0.1, -0.05) is 13.0 Å². The van der Waals surface area contributed by atoms with Crippen LogP contribution in [0.2, 0.25) is 0 Å². The van der Waals surface area contributed by atoms with E-state index in [1.165, 1.54) is 5.56 Å². The Balaban J connectivity index is 2.70. The average molecular weight is 223 g/mol. The van der Waals surface area contributed by atoms with Gasteiger partial charge in [-0.25, -0.2) is 4.98 Å². The van der Waals surface area contributed by atoms with Gasteiger partial charge in [0.05, 0.1) is 6.61 Å². The predicted octanol–water partition coefficient (Wildman–Crippen LogP) is 1.33. The summed E-state index contributed by atoms with van der Waals surface area (Å²) >= 11 is 0. The third-order valence-electron chi connectivity index (χ3n) is 2.49. The molecule has 0 spiro atoms. The Bertz CT molecular complexity index is 304. The maximum Gasteiger partial charge on any atom is 0.130 e. The van der Waals surface area contributed by atoms with Crippen molar-refractivity contribution in [3.05, 3.63) is 23.9 Å². The van der Waals surface area contributed by atoms with E-state index in [4.69, 9.17) is 5.11 Å². The maximum absolute atomic E-state index is 8.95. The van der Waals surface area contributed by atoms with Crippen molar-refractivity contribution < 1.29 is 5.11 Å². The van der Waals surface area contributed by atoms with Gasteiger partial charge in [0.1, 0.15) is 5.82 Å². The van der Waals surface area contributed by atoms with E-state index in [1.807, 2.05) is 6.07 Å². The molecule has 1 rings (SSSR count). The van der Waals surface area contributed by atoms with Crippen molar-refractivity contribution >= 4 is 5.82 Å². The molecule has 0 aliphatic rings. The summed E-state index contributed by atoms with van der Waals surface area (Å²) in [5.74, 6) is 0.946. The van der Waals surface area contributed by atoms with Gasteiger partial charge in [0.25, 0.3) is 0 Å². The van der Waals surface area contributed by atoms with Gasteiger partial charge in [-0.3, -0.25) is 4.90 Å². The number of anilines is 1. The molecule has 1 heterocycles. The summed E-state index contributed by atoms with van der Waals surface area (Å²) in [6.07, 6.45) is 1.80. The molecule has 0 aromatic carbocycles. The normalized spacial score (nSPS) is 10.8. The van der Waals surface area contributed by atoms with Crippen molar-refractivity contribution in [3.8, 4) is 0 Å². The fourth-order valence-corrected chi connectivity index (χ4v) is 1.62. The van der Waals surface area contributed by atoms with Crippen molar-refractivity contribution in [3.63, 3.8) is 0 Å². The molecule has 4 heteroatoms. The molecular formula is C12H21N3O. The molecule has 0 aliphatic heterocycles. The van der Waals surface area contributed by atoms with Crippen molar-refractivity contribution in [2.24, 2.45) is 0 Å². The molecule has 0 aliphatic carbocycles. The second-order valence-electron chi connectivity index (χ2n) is 3.63. The highest BCUT2D eigenvalue weighted by molar-refractivity contribution is 5.43. The summed E-state index contributed by atoms with van der Waals surface area (Å²) in [5.41, 5.74) is 1.18. The van der Waals surface area contributed by atoms with Crippen LogP contribution in [0.4, 0.5) is 5.82 Å². The lowest BCUT2D eigenvalue weighted by atomic mass is 10.2. The molecule has 4 nitrogen and oxygen atoms in total. The molecule has 0 fully saturated rings. The van der Waals surface area contributed by atoms with Crippen molar-refractivity contribution in [2.45, 2.75) is 20.4 Å². The van der Waals surface area contributed by atoms with E-state index in [2.05, 4.69) is 35.1 Å². The lowest BCUT2D eigenvalue weighted by molar-refractivity contribution is 0.197. The fraction of sp³-hybridized carbons (Fsp3) is 0.583. The predicted molar refractivity (Wildman–Crippen MR) is 66.4 cm³/mol. The third kappa shape index (κ3) is 3.79. The fourth-order valence-electron chi connectivity index (χ4n) is 1.62. The number of pyridine rings is 1. The molecular weight excluding hydrogens is 202 g/mol. The molecule has 0 saturated heterocycles. The highest BCUT2D eigenvalue weighted by Crippen LogP contribution is 2.13. The van der Waals surface area contributed by atoms with Crippen LogP contribution in [0.3, 0.4) is 0 Å². The minimum Gasteiger partial charge on any atom is -0.395 e. The number of likely N-dealkylation sites (N-methyl/N-ethyl adjacent to an activating group) is 1. The summed E-state index contributed by atoms with van der Waals surface area (Å²) in [7, 11) is 0. The number of aliphatic hydroxyl groups is 1. The number of rotatable bonds is 7. The maximum atomic E-state index is 8.95. The van der Waals surface area contributed by atoms with Crippen molar-refractivity contribution in [2.75, 3.05) is 31.6 Å². The monoisotopic (exact) mass is 223 g/mol. The molecule has 0 atom stereocenters. The van der Waals surface area contributed by atoms with E-state index in [9.17, 15) is 0 Å². The van der Waals surface area contributed by atoms with Gasteiger partial charge in [-0.05, 0) is 19.5 Å². The Kier molecular flexibility index (Phi) is 5.82. The Labute approximate surface area is 97.3 Å². The van der Waals surface area contributed by atoms with Gasteiger partial charge in [0, 0.05) is 31.4 Å². The largest absolute Gasteiger partial charge is 0.395 e. The molecule has 0 unspecified atom stereocenters. The Hall–Kier alpha value is -1.13. The van der Waals surface area contributed by atoms with Gasteiger partial charge in [-0.2, -0.15) is 0 Å². The van der Waals surface area contributed by atoms with Crippen LogP contribution in [0.25, 0.3) is 0 Å². The highest BCUT2D eigenvalue weighted by atomic mass is 16.3. The smallest absolute Gasteiger partial charge is 0.130 e. The van der Waals surface area contributed by atoms with Gasteiger partial charge in [-0.15, -0.1) is 0 Å². The minimum atomic E-state index is 0.199. The van der Waals surface area contributed by atoms with Crippen LogP contribution in [0.5, 0.6) is 0 Å². The van der Waals surface area contributed by atoms with Crippen molar-refractivity contribution in [1.82, 2.24) is 9.88 Å². The van der Waals surface area contributed by atoms with Crippen LogP contribution < -0.4 is 5.32 Å². The lowest BCUT2D eigenvalue weighted by Gasteiger charge is -2.20. The number of hydrogen-bond donors (Lipinski definition) is 2. The first-order valence-corrected chi connectivity index (χ1v) is 5.82. The average Bonchev–Trinajstić information content (AvgIpc) is 2.31. The number of nitrogens with one attached hydrogen (secondary N) is 1. The van der Waals surface area contributed by atoms with Gasteiger partial charge < -0.3 is 10.4 Å². The zero-order chi connectivity index (χ0) is 11.8. The van der Waals surface area contributed by atoms with Crippen LogP contribution in [0.1, 0.15) is 19.4 Å². The summed E-state index contributed by atoms with van der Waals surface area (Å²) < 4.78 is 0. The van der Waals surface area contributed by atoms with E-state index >= 15 is 0 Å². The van der Waals surface area contributed by atoms with Crippen molar-refractivity contribution in [1.29, 1.82) is 0 Å². The van der Waals surface area contributed by atoms with Gasteiger partial charge in [0.15, 0.2) is 0 Å². The first-order chi connectivity index (χ1) is 7.81. The molecule has 16 heavy (non-hydrogen) atoms. The minimum absolute atomic E-state index is 0.199. The van der Waals surface area contributed by atoms with Crippen LogP contribution in [0.15, 0.2) is 18.3 Å². The zero-order valence-electron chi connectivity index (χ0n) is 10.1. The van der Waals surface area contributed by atoms with E-state index in [0.29, 0.717) is 6.54 Å². The Morgan fingerprint density at radius 3 is 2.88 bits per heavy atom. The SMILES string of the molecule is CCNc1ncccc1CN(CC)CCO. The third-order valence-corrected chi connectivity index (χ3v) is 2.49. The first kappa shape index (κ1) is 12.9. The van der Waals surface area contributed by atoms with Crippen LogP contribution >= 0.6 is 0 Å². The lowest BCUT2D eigenvalue weighted by Crippen LogP contribution is -2.26. The molecule has 0 amide bonds. The second-order valence-corrected chi connectivity index (χ2v) is 3.63. The standard InChI is InChI=1S/C12H21N3O/c1-3-13-12-11(6-5-7-14-12)10-15(4-2)8-9-16/h5-7,16H,3-4,8-10H2,1-2H3,(H,13,14). The summed E-state index contributed by atoms with van der Waals surface area (Å²) in [6.45, 7) is 7.69. The number of hydrogen-bond acceptors (Lipinski definition) is 4. The highest BCUT2D eigenvalue weighted by Gasteiger charge is 2.07. The zero-order valence-corrected chi connectivity index (χ0v) is 10.1. The molecule has 0 radical (unpaired) electrons. The van der Waals surface area contributed by atoms with Crippen LogP contribution in [-0.4, -0.2) is 41.2 Å².